The van der Waals surface area contributed by atoms with Gasteiger partial charge in [-0.2, -0.15) is 0 Å². The highest BCUT2D eigenvalue weighted by Gasteiger charge is 2.32. The molecule has 19 heavy (non-hydrogen) atoms. The smallest absolute Gasteiger partial charge is 0.307 e. The average Bonchev–Trinajstić information content (AvgIpc) is 2.38. The van der Waals surface area contributed by atoms with Crippen LogP contribution in [0.5, 0.6) is 0 Å². The lowest BCUT2D eigenvalue weighted by molar-refractivity contribution is -0.146. The van der Waals surface area contributed by atoms with Crippen molar-refractivity contribution in [3.05, 3.63) is 0 Å². The van der Waals surface area contributed by atoms with Crippen LogP contribution >= 0.6 is 0 Å². The zero-order valence-electron chi connectivity index (χ0n) is 12.4. The van der Waals surface area contributed by atoms with E-state index < -0.39 is 5.60 Å². The molecule has 5 nitrogen and oxygen atoms in total. The van der Waals surface area contributed by atoms with E-state index in [4.69, 9.17) is 9.47 Å². The highest BCUT2D eigenvalue weighted by atomic mass is 16.5. The molecule has 1 aliphatic heterocycles. The molecule has 1 saturated heterocycles. The Balaban J connectivity index is 2.65. The molecule has 0 spiro atoms. The summed E-state index contributed by atoms with van der Waals surface area (Å²) in [6.45, 7) is 4.51. The van der Waals surface area contributed by atoms with Crippen molar-refractivity contribution in [1.82, 2.24) is 4.90 Å². The van der Waals surface area contributed by atoms with Gasteiger partial charge < -0.3 is 14.4 Å². The Bertz CT molecular complexity index is 327. The highest BCUT2D eigenvalue weighted by molar-refractivity contribution is 5.79. The van der Waals surface area contributed by atoms with E-state index in [1.54, 1.807) is 7.11 Å². The quantitative estimate of drug-likeness (QED) is 0.715. The summed E-state index contributed by atoms with van der Waals surface area (Å²) in [7, 11) is 2.99. The van der Waals surface area contributed by atoms with Crippen molar-refractivity contribution in [2.75, 3.05) is 20.8 Å². The first-order valence-electron chi connectivity index (χ1n) is 6.81. The Kier molecular flexibility index (Phi) is 5.79. The van der Waals surface area contributed by atoms with Crippen molar-refractivity contribution in [3.8, 4) is 0 Å². The number of ether oxygens (including phenoxy) is 2. The molecule has 0 bridgehead atoms. The number of rotatable bonds is 5. The summed E-state index contributed by atoms with van der Waals surface area (Å²) in [5.41, 5.74) is -0.468. The van der Waals surface area contributed by atoms with E-state index in [-0.39, 0.29) is 24.3 Å². The summed E-state index contributed by atoms with van der Waals surface area (Å²) < 4.78 is 10.00. The van der Waals surface area contributed by atoms with Crippen molar-refractivity contribution < 1.29 is 19.1 Å². The molecule has 0 aromatic rings. The number of nitrogens with zero attached hydrogens (tertiary/aromatic N) is 1. The Hall–Kier alpha value is -1.10. The van der Waals surface area contributed by atoms with Gasteiger partial charge in [-0.25, -0.2) is 0 Å². The molecule has 1 amide bonds. The van der Waals surface area contributed by atoms with Gasteiger partial charge in [-0.05, 0) is 33.1 Å². The van der Waals surface area contributed by atoms with Gasteiger partial charge in [-0.3, -0.25) is 9.59 Å². The normalized spacial score (nSPS) is 20.2. The molecule has 1 rings (SSSR count). The van der Waals surface area contributed by atoms with Gasteiger partial charge >= 0.3 is 5.97 Å². The zero-order chi connectivity index (χ0) is 14.5. The van der Waals surface area contributed by atoms with Crippen LogP contribution in [0.4, 0.5) is 0 Å². The first-order valence-corrected chi connectivity index (χ1v) is 6.81. The van der Waals surface area contributed by atoms with Crippen LogP contribution in [-0.4, -0.2) is 49.2 Å². The summed E-state index contributed by atoms with van der Waals surface area (Å²) in [5.74, 6) is -0.198. The van der Waals surface area contributed by atoms with Crippen LogP contribution in [0.3, 0.4) is 0 Å². The molecule has 1 unspecified atom stereocenters. The van der Waals surface area contributed by atoms with E-state index in [1.165, 1.54) is 7.11 Å². The number of hydrogen-bond acceptors (Lipinski definition) is 4. The molecular formula is C14H25NO4. The number of piperidine rings is 1. The van der Waals surface area contributed by atoms with E-state index in [1.807, 2.05) is 18.7 Å². The summed E-state index contributed by atoms with van der Waals surface area (Å²) >= 11 is 0. The van der Waals surface area contributed by atoms with Crippen LogP contribution in [-0.2, 0) is 19.1 Å². The molecule has 0 N–H and O–H groups in total. The molecule has 1 heterocycles. The summed E-state index contributed by atoms with van der Waals surface area (Å²) in [4.78, 5) is 25.6. The minimum absolute atomic E-state index is 0.0265. The third-order valence-corrected chi connectivity index (χ3v) is 3.71. The van der Waals surface area contributed by atoms with E-state index in [0.29, 0.717) is 6.42 Å². The van der Waals surface area contributed by atoms with Crippen molar-refractivity contribution in [2.24, 2.45) is 0 Å². The van der Waals surface area contributed by atoms with Crippen molar-refractivity contribution in [2.45, 2.75) is 57.6 Å². The number of amides is 1. The monoisotopic (exact) mass is 271 g/mol. The molecule has 0 aliphatic carbocycles. The van der Waals surface area contributed by atoms with Gasteiger partial charge in [0.15, 0.2) is 0 Å². The molecule has 0 aromatic heterocycles. The second-order valence-corrected chi connectivity index (χ2v) is 5.66. The first kappa shape index (κ1) is 16.0. The van der Waals surface area contributed by atoms with Crippen LogP contribution in [0, 0.1) is 0 Å². The molecule has 0 radical (unpaired) electrons. The standard InChI is InChI=1S/C14H25NO4/c1-14(2,19-4)10-12(16)15-8-6-5-7-11(15)9-13(17)18-3/h11H,5-10H2,1-4H3. The molecule has 1 fully saturated rings. The van der Waals surface area contributed by atoms with Crippen LogP contribution in [0.1, 0.15) is 46.0 Å². The van der Waals surface area contributed by atoms with Gasteiger partial charge in [0.1, 0.15) is 0 Å². The van der Waals surface area contributed by atoms with Gasteiger partial charge in [0, 0.05) is 19.7 Å². The van der Waals surface area contributed by atoms with E-state index >= 15 is 0 Å². The minimum Gasteiger partial charge on any atom is -0.469 e. The zero-order valence-corrected chi connectivity index (χ0v) is 12.4. The number of likely N-dealkylation sites (tertiary alicyclic amines) is 1. The lowest BCUT2D eigenvalue weighted by atomic mass is 9.96. The summed E-state index contributed by atoms with van der Waals surface area (Å²) in [5, 5.41) is 0. The predicted octanol–water partition coefficient (Wildman–Crippen LogP) is 1.75. The molecule has 0 aromatic carbocycles. The lowest BCUT2D eigenvalue weighted by Crippen LogP contribution is -2.47. The van der Waals surface area contributed by atoms with Gasteiger partial charge in [0.2, 0.25) is 5.91 Å². The third kappa shape index (κ3) is 4.82. The molecule has 5 heteroatoms. The van der Waals surface area contributed by atoms with Crippen LogP contribution in [0.2, 0.25) is 0 Å². The SMILES string of the molecule is COC(=O)CC1CCCCN1C(=O)CC(C)(C)OC. The molecule has 1 atom stereocenters. The average molecular weight is 271 g/mol. The maximum absolute atomic E-state index is 12.3. The van der Waals surface area contributed by atoms with E-state index in [9.17, 15) is 9.59 Å². The van der Waals surface area contributed by atoms with Crippen LogP contribution in [0.15, 0.2) is 0 Å². The number of hydrogen-bond donors (Lipinski definition) is 0. The van der Waals surface area contributed by atoms with Crippen molar-refractivity contribution in [3.63, 3.8) is 0 Å². The molecule has 110 valence electrons. The molecular weight excluding hydrogens is 246 g/mol. The maximum atomic E-state index is 12.3. The van der Waals surface area contributed by atoms with Crippen molar-refractivity contribution >= 4 is 11.9 Å². The lowest BCUT2D eigenvalue weighted by Gasteiger charge is -2.37. The van der Waals surface area contributed by atoms with Gasteiger partial charge in [-0.1, -0.05) is 0 Å². The third-order valence-electron chi connectivity index (χ3n) is 3.71. The van der Waals surface area contributed by atoms with Gasteiger partial charge in [0.05, 0.1) is 25.6 Å². The van der Waals surface area contributed by atoms with E-state index in [2.05, 4.69) is 0 Å². The molecule has 1 aliphatic rings. The summed E-state index contributed by atoms with van der Waals surface area (Å²) in [6.07, 6.45) is 3.54. The van der Waals surface area contributed by atoms with Gasteiger partial charge in [0.25, 0.3) is 0 Å². The largest absolute Gasteiger partial charge is 0.469 e. The number of carbonyl (C=O) groups is 2. The number of methoxy groups -OCH3 is 2. The van der Waals surface area contributed by atoms with Crippen molar-refractivity contribution in [1.29, 1.82) is 0 Å². The fourth-order valence-electron chi connectivity index (χ4n) is 2.35. The Morgan fingerprint density at radius 2 is 1.95 bits per heavy atom. The molecule has 0 saturated carbocycles. The van der Waals surface area contributed by atoms with Crippen LogP contribution < -0.4 is 0 Å². The minimum atomic E-state index is -0.468. The second-order valence-electron chi connectivity index (χ2n) is 5.66. The van der Waals surface area contributed by atoms with Gasteiger partial charge in [-0.15, -0.1) is 0 Å². The topological polar surface area (TPSA) is 55.8 Å². The first-order chi connectivity index (χ1) is 8.89. The fourth-order valence-corrected chi connectivity index (χ4v) is 2.35. The maximum Gasteiger partial charge on any atom is 0.307 e. The number of carbonyl (C=O) groups excluding carboxylic acids is 2. The Labute approximate surface area is 115 Å². The predicted molar refractivity (Wildman–Crippen MR) is 71.7 cm³/mol. The van der Waals surface area contributed by atoms with Crippen LogP contribution in [0.25, 0.3) is 0 Å². The second kappa shape index (κ2) is 6.89. The Morgan fingerprint density at radius 1 is 1.26 bits per heavy atom. The van der Waals surface area contributed by atoms with E-state index in [0.717, 1.165) is 25.8 Å². The highest BCUT2D eigenvalue weighted by Crippen LogP contribution is 2.23. The summed E-state index contributed by atoms with van der Waals surface area (Å²) in [6, 6.07) is -0.0265. The number of esters is 1. The fraction of sp³-hybridized carbons (Fsp3) is 0.857. The Morgan fingerprint density at radius 3 is 2.53 bits per heavy atom.